The fourth-order valence-corrected chi connectivity index (χ4v) is 2.14. The van der Waals surface area contributed by atoms with Gasteiger partial charge in [0.15, 0.2) is 0 Å². The van der Waals surface area contributed by atoms with Gasteiger partial charge in [-0.1, -0.05) is 24.0 Å². The summed E-state index contributed by atoms with van der Waals surface area (Å²) in [5.74, 6) is 5.30. The van der Waals surface area contributed by atoms with Gasteiger partial charge in [-0.25, -0.2) is 0 Å². The van der Waals surface area contributed by atoms with E-state index in [1.165, 1.54) is 4.90 Å². The van der Waals surface area contributed by atoms with Gasteiger partial charge >= 0.3 is 0 Å². The van der Waals surface area contributed by atoms with Crippen molar-refractivity contribution in [1.29, 1.82) is 0 Å². The minimum absolute atomic E-state index is 0.133. The second-order valence-electron chi connectivity index (χ2n) is 4.45. The summed E-state index contributed by atoms with van der Waals surface area (Å²) in [4.78, 5) is 25.3. The molecular formula is C16H12N2O2. The number of aromatic nitrogens is 1. The predicted molar refractivity (Wildman–Crippen MR) is 74.0 cm³/mol. The van der Waals surface area contributed by atoms with Crippen LogP contribution < -0.4 is 0 Å². The van der Waals surface area contributed by atoms with Gasteiger partial charge in [0.25, 0.3) is 11.8 Å². The van der Waals surface area contributed by atoms with Gasteiger partial charge in [0.1, 0.15) is 0 Å². The highest BCUT2D eigenvalue weighted by atomic mass is 16.2. The van der Waals surface area contributed by atoms with Crippen molar-refractivity contribution >= 4 is 11.8 Å². The number of fused-ring (bicyclic) bond motifs is 1. The molecule has 0 N–H and O–H groups in total. The van der Waals surface area contributed by atoms with Crippen LogP contribution in [0.25, 0.3) is 0 Å². The van der Waals surface area contributed by atoms with Gasteiger partial charge in [0.05, 0.1) is 24.2 Å². The van der Waals surface area contributed by atoms with Crippen LogP contribution in [0.4, 0.5) is 0 Å². The number of hydrogen-bond acceptors (Lipinski definition) is 2. The van der Waals surface area contributed by atoms with Gasteiger partial charge in [0.2, 0.25) is 0 Å². The molecular weight excluding hydrogens is 252 g/mol. The Morgan fingerprint density at radius 1 is 0.800 bits per heavy atom. The molecule has 0 saturated carbocycles. The fourth-order valence-electron chi connectivity index (χ4n) is 2.14. The molecule has 4 nitrogen and oxygen atoms in total. The third-order valence-electron chi connectivity index (χ3n) is 3.17. The molecule has 0 aliphatic carbocycles. The molecule has 0 atom stereocenters. The van der Waals surface area contributed by atoms with Crippen molar-refractivity contribution < 1.29 is 9.59 Å². The van der Waals surface area contributed by atoms with Crippen LogP contribution in [0.15, 0.2) is 48.8 Å². The highest BCUT2D eigenvalue weighted by Gasteiger charge is 2.34. The molecule has 1 aromatic carbocycles. The van der Waals surface area contributed by atoms with Crippen LogP contribution in [-0.2, 0) is 6.54 Å². The van der Waals surface area contributed by atoms with Crippen LogP contribution in [0.2, 0.25) is 0 Å². The lowest BCUT2D eigenvalue weighted by atomic mass is 10.1. The largest absolute Gasteiger partial charge is 0.343 e. The Labute approximate surface area is 116 Å². The Morgan fingerprint density at radius 3 is 1.95 bits per heavy atom. The van der Waals surface area contributed by atoms with Gasteiger partial charge in [0, 0.05) is 12.4 Å². The van der Waals surface area contributed by atoms with Crippen molar-refractivity contribution in [3.05, 3.63) is 59.9 Å². The van der Waals surface area contributed by atoms with Gasteiger partial charge < -0.3 is 4.57 Å². The maximum Gasteiger partial charge on any atom is 0.262 e. The first kappa shape index (κ1) is 12.2. The number of benzene rings is 1. The average molecular weight is 264 g/mol. The second kappa shape index (κ2) is 5.06. The monoisotopic (exact) mass is 264 g/mol. The van der Waals surface area contributed by atoms with Crippen molar-refractivity contribution in [3.63, 3.8) is 0 Å². The summed E-state index contributed by atoms with van der Waals surface area (Å²) in [6.07, 6.45) is 3.83. The lowest BCUT2D eigenvalue weighted by Crippen LogP contribution is -2.30. The third-order valence-corrected chi connectivity index (χ3v) is 3.17. The van der Waals surface area contributed by atoms with Crippen LogP contribution in [0.5, 0.6) is 0 Å². The number of hydrogen-bond donors (Lipinski definition) is 0. The zero-order valence-corrected chi connectivity index (χ0v) is 10.7. The van der Waals surface area contributed by atoms with E-state index in [0.29, 0.717) is 17.7 Å². The van der Waals surface area contributed by atoms with Crippen LogP contribution >= 0.6 is 0 Å². The van der Waals surface area contributed by atoms with Crippen LogP contribution in [0.1, 0.15) is 20.7 Å². The van der Waals surface area contributed by atoms with E-state index in [1.807, 2.05) is 29.1 Å². The molecule has 0 fully saturated rings. The molecule has 1 aliphatic heterocycles. The van der Waals surface area contributed by atoms with Crippen LogP contribution in [0, 0.1) is 11.8 Å². The Morgan fingerprint density at radius 2 is 1.35 bits per heavy atom. The second-order valence-corrected chi connectivity index (χ2v) is 4.45. The quantitative estimate of drug-likeness (QED) is 0.613. The lowest BCUT2D eigenvalue weighted by Gasteiger charge is -2.08. The summed E-state index contributed by atoms with van der Waals surface area (Å²) in [6, 6.07) is 10.7. The molecule has 0 radical (unpaired) electrons. The summed E-state index contributed by atoms with van der Waals surface area (Å²) in [7, 11) is 0. The molecule has 2 aromatic rings. The maximum absolute atomic E-state index is 12.1. The van der Waals surface area contributed by atoms with E-state index < -0.39 is 0 Å². The molecule has 0 bridgehead atoms. The molecule has 0 saturated heterocycles. The Kier molecular flexibility index (Phi) is 3.10. The highest BCUT2D eigenvalue weighted by molar-refractivity contribution is 6.21. The summed E-state index contributed by atoms with van der Waals surface area (Å²) >= 11 is 0. The highest BCUT2D eigenvalue weighted by Crippen LogP contribution is 2.21. The van der Waals surface area contributed by atoms with Crippen LogP contribution in [0.3, 0.4) is 0 Å². The maximum atomic E-state index is 12.1. The molecule has 1 aromatic heterocycles. The van der Waals surface area contributed by atoms with Crippen molar-refractivity contribution in [2.75, 3.05) is 6.54 Å². The molecule has 2 amide bonds. The van der Waals surface area contributed by atoms with Crippen molar-refractivity contribution in [1.82, 2.24) is 9.47 Å². The normalized spacial score (nSPS) is 13.1. The summed E-state index contributed by atoms with van der Waals surface area (Å²) in [5, 5.41) is 0. The Bertz CT molecular complexity index is 685. The van der Waals surface area contributed by atoms with Crippen molar-refractivity contribution in [3.8, 4) is 11.8 Å². The van der Waals surface area contributed by atoms with E-state index in [9.17, 15) is 9.59 Å². The number of amides is 2. The van der Waals surface area contributed by atoms with E-state index in [1.54, 1.807) is 24.3 Å². The standard InChI is InChI=1S/C16H12N2O2/c19-15-13-7-1-2-8-14(13)16(20)18(15)12-6-5-11-17-9-3-4-10-17/h1-4,7-10H,11-12H2. The molecule has 20 heavy (non-hydrogen) atoms. The molecule has 0 spiro atoms. The Balaban J connectivity index is 1.70. The number of imide groups is 1. The number of rotatable bonds is 2. The third kappa shape index (κ3) is 2.10. The minimum Gasteiger partial charge on any atom is -0.343 e. The van der Waals surface area contributed by atoms with E-state index in [2.05, 4.69) is 11.8 Å². The first-order chi connectivity index (χ1) is 9.77. The first-order valence-corrected chi connectivity index (χ1v) is 6.29. The van der Waals surface area contributed by atoms with E-state index in [4.69, 9.17) is 0 Å². The van der Waals surface area contributed by atoms with E-state index in [0.717, 1.165) is 0 Å². The molecule has 98 valence electrons. The van der Waals surface area contributed by atoms with Crippen molar-refractivity contribution in [2.24, 2.45) is 0 Å². The van der Waals surface area contributed by atoms with Crippen LogP contribution in [-0.4, -0.2) is 27.8 Å². The number of carbonyl (C=O) groups is 2. The zero-order valence-electron chi connectivity index (χ0n) is 10.7. The van der Waals surface area contributed by atoms with E-state index in [-0.39, 0.29) is 18.4 Å². The fraction of sp³-hybridized carbons (Fsp3) is 0.125. The molecule has 2 heterocycles. The summed E-state index contributed by atoms with van der Waals surface area (Å²) < 4.78 is 1.93. The first-order valence-electron chi connectivity index (χ1n) is 6.29. The van der Waals surface area contributed by atoms with Gasteiger partial charge in [-0.2, -0.15) is 0 Å². The van der Waals surface area contributed by atoms with Crippen molar-refractivity contribution in [2.45, 2.75) is 6.54 Å². The smallest absolute Gasteiger partial charge is 0.262 e. The number of carbonyl (C=O) groups excluding carboxylic acids is 2. The Hall–Kier alpha value is -2.80. The zero-order chi connectivity index (χ0) is 13.9. The minimum atomic E-state index is -0.263. The summed E-state index contributed by atoms with van der Waals surface area (Å²) in [5.41, 5.74) is 0.925. The number of nitrogens with zero attached hydrogens (tertiary/aromatic N) is 2. The van der Waals surface area contributed by atoms with Gasteiger partial charge in [-0.3, -0.25) is 14.5 Å². The molecule has 3 rings (SSSR count). The SMILES string of the molecule is O=C1c2ccccc2C(=O)N1CC#CCn1cccc1. The lowest BCUT2D eigenvalue weighted by molar-refractivity contribution is 0.0675. The van der Waals surface area contributed by atoms with Gasteiger partial charge in [-0.15, -0.1) is 0 Å². The topological polar surface area (TPSA) is 42.3 Å². The summed E-state index contributed by atoms with van der Waals surface area (Å²) in [6.45, 7) is 0.684. The molecule has 0 unspecified atom stereocenters. The van der Waals surface area contributed by atoms with E-state index >= 15 is 0 Å². The molecule has 4 heteroatoms. The average Bonchev–Trinajstić information content (AvgIpc) is 3.06. The predicted octanol–water partition coefficient (Wildman–Crippen LogP) is 1.79. The molecule has 1 aliphatic rings. The van der Waals surface area contributed by atoms with Gasteiger partial charge in [-0.05, 0) is 24.3 Å².